The third kappa shape index (κ3) is 3.97. The summed E-state index contributed by atoms with van der Waals surface area (Å²) in [5.74, 6) is -0.0600. The lowest BCUT2D eigenvalue weighted by Crippen LogP contribution is -2.22. The highest BCUT2D eigenvalue weighted by Crippen LogP contribution is 2.09. The second-order valence-electron chi connectivity index (χ2n) is 3.57. The van der Waals surface area contributed by atoms with E-state index in [1.165, 1.54) is 0 Å². The summed E-state index contributed by atoms with van der Waals surface area (Å²) in [5.41, 5.74) is 1.09. The first kappa shape index (κ1) is 11.5. The summed E-state index contributed by atoms with van der Waals surface area (Å²) in [6.45, 7) is 3.92. The van der Waals surface area contributed by atoms with Crippen molar-refractivity contribution in [3.8, 4) is 0 Å². The molecular formula is C11H16N2O2. The van der Waals surface area contributed by atoms with Crippen molar-refractivity contribution in [1.82, 2.24) is 4.98 Å². The van der Waals surface area contributed by atoms with Crippen molar-refractivity contribution >= 4 is 11.8 Å². The molecule has 0 bridgehead atoms. The maximum absolute atomic E-state index is 10.6. The molecule has 2 N–H and O–H groups in total. The van der Waals surface area contributed by atoms with Gasteiger partial charge in [-0.1, -0.05) is 13.0 Å². The van der Waals surface area contributed by atoms with E-state index in [1.807, 2.05) is 26.0 Å². The van der Waals surface area contributed by atoms with Gasteiger partial charge in [-0.15, -0.1) is 0 Å². The van der Waals surface area contributed by atoms with Crippen LogP contribution < -0.4 is 5.32 Å². The van der Waals surface area contributed by atoms with Crippen molar-refractivity contribution < 1.29 is 9.90 Å². The zero-order valence-corrected chi connectivity index (χ0v) is 9.03. The molecule has 1 heterocycles. The van der Waals surface area contributed by atoms with Crippen molar-refractivity contribution in [1.29, 1.82) is 0 Å². The van der Waals surface area contributed by atoms with E-state index in [0.29, 0.717) is 0 Å². The normalized spacial score (nSPS) is 12.1. The Hall–Kier alpha value is -1.58. The standard InChI is InChI=1S/C11H16N2O2/c1-3-9(6-11(14)15)13-10-5-4-8(2)7-12-10/h4-5,7,9H,3,6H2,1-2H3,(H,12,13)(H,14,15). The molecule has 1 aromatic rings. The van der Waals surface area contributed by atoms with Crippen LogP contribution in [0.5, 0.6) is 0 Å². The molecule has 0 radical (unpaired) electrons. The molecule has 0 aliphatic carbocycles. The van der Waals surface area contributed by atoms with Gasteiger partial charge in [-0.3, -0.25) is 4.79 Å². The Morgan fingerprint density at radius 1 is 1.60 bits per heavy atom. The Labute approximate surface area is 89.3 Å². The molecule has 0 aliphatic rings. The SMILES string of the molecule is CCC(CC(=O)O)Nc1ccc(C)cn1. The van der Waals surface area contributed by atoms with Crippen LogP contribution in [0.25, 0.3) is 0 Å². The lowest BCUT2D eigenvalue weighted by atomic mass is 10.1. The average molecular weight is 208 g/mol. The van der Waals surface area contributed by atoms with Gasteiger partial charge in [-0.2, -0.15) is 0 Å². The Bertz CT molecular complexity index is 322. The van der Waals surface area contributed by atoms with Gasteiger partial charge in [0, 0.05) is 12.2 Å². The first-order chi connectivity index (χ1) is 7.11. The van der Waals surface area contributed by atoms with Crippen molar-refractivity contribution in [3.63, 3.8) is 0 Å². The summed E-state index contributed by atoms with van der Waals surface area (Å²) in [6, 6.07) is 3.75. The number of aryl methyl sites for hydroxylation is 1. The van der Waals surface area contributed by atoms with Gasteiger partial charge in [0.05, 0.1) is 6.42 Å². The van der Waals surface area contributed by atoms with Gasteiger partial charge in [-0.25, -0.2) is 4.98 Å². The van der Waals surface area contributed by atoms with Gasteiger partial charge in [0.2, 0.25) is 0 Å². The third-order valence-electron chi connectivity index (χ3n) is 2.18. The molecule has 4 nitrogen and oxygen atoms in total. The number of aromatic nitrogens is 1. The smallest absolute Gasteiger partial charge is 0.305 e. The first-order valence-corrected chi connectivity index (χ1v) is 5.02. The lowest BCUT2D eigenvalue weighted by Gasteiger charge is -2.15. The van der Waals surface area contributed by atoms with Crippen molar-refractivity contribution in [2.75, 3.05) is 5.32 Å². The van der Waals surface area contributed by atoms with Gasteiger partial charge in [0.15, 0.2) is 0 Å². The van der Waals surface area contributed by atoms with Gasteiger partial charge in [-0.05, 0) is 25.0 Å². The van der Waals surface area contributed by atoms with Crippen LogP contribution in [0.4, 0.5) is 5.82 Å². The van der Waals surface area contributed by atoms with E-state index >= 15 is 0 Å². The molecule has 0 saturated heterocycles. The number of hydrogen-bond acceptors (Lipinski definition) is 3. The van der Waals surface area contributed by atoms with Crippen molar-refractivity contribution in [2.45, 2.75) is 32.7 Å². The van der Waals surface area contributed by atoms with Crippen LogP contribution in [0.2, 0.25) is 0 Å². The van der Waals surface area contributed by atoms with Crippen molar-refractivity contribution in [2.24, 2.45) is 0 Å². The highest BCUT2D eigenvalue weighted by Gasteiger charge is 2.10. The van der Waals surface area contributed by atoms with Crippen LogP contribution in [0.3, 0.4) is 0 Å². The summed E-state index contributed by atoms with van der Waals surface area (Å²) in [7, 11) is 0. The third-order valence-corrected chi connectivity index (χ3v) is 2.18. The van der Waals surface area contributed by atoms with Crippen LogP contribution in [-0.2, 0) is 4.79 Å². The zero-order valence-electron chi connectivity index (χ0n) is 9.03. The van der Waals surface area contributed by atoms with E-state index in [-0.39, 0.29) is 12.5 Å². The zero-order chi connectivity index (χ0) is 11.3. The Balaban J connectivity index is 2.58. The Kier molecular flexibility index (Phi) is 4.09. The summed E-state index contributed by atoms with van der Waals surface area (Å²) < 4.78 is 0. The fourth-order valence-corrected chi connectivity index (χ4v) is 1.27. The second-order valence-corrected chi connectivity index (χ2v) is 3.57. The number of nitrogens with zero attached hydrogens (tertiary/aromatic N) is 1. The number of carbonyl (C=O) groups is 1. The van der Waals surface area contributed by atoms with Gasteiger partial charge < -0.3 is 10.4 Å². The number of pyridine rings is 1. The minimum atomic E-state index is -0.790. The molecule has 1 unspecified atom stereocenters. The largest absolute Gasteiger partial charge is 0.481 e. The lowest BCUT2D eigenvalue weighted by molar-refractivity contribution is -0.137. The molecule has 0 saturated carbocycles. The predicted molar refractivity (Wildman–Crippen MR) is 58.9 cm³/mol. The second kappa shape index (κ2) is 5.34. The van der Waals surface area contributed by atoms with Gasteiger partial charge in [0.1, 0.15) is 5.82 Å². The molecule has 4 heteroatoms. The molecule has 1 rings (SSSR count). The van der Waals surface area contributed by atoms with E-state index in [4.69, 9.17) is 5.11 Å². The van der Waals surface area contributed by atoms with Crippen LogP contribution in [0, 0.1) is 6.92 Å². The van der Waals surface area contributed by atoms with E-state index < -0.39 is 5.97 Å². The van der Waals surface area contributed by atoms with Crippen LogP contribution in [0.1, 0.15) is 25.3 Å². The predicted octanol–water partition coefficient (Wildman–Crippen LogP) is 2.06. The molecule has 0 aliphatic heterocycles. The molecule has 0 aromatic carbocycles. The Morgan fingerprint density at radius 3 is 2.80 bits per heavy atom. The summed E-state index contributed by atoms with van der Waals surface area (Å²) in [5, 5.41) is 11.8. The van der Waals surface area contributed by atoms with Crippen molar-refractivity contribution in [3.05, 3.63) is 23.9 Å². The number of anilines is 1. The maximum atomic E-state index is 10.6. The fraction of sp³-hybridized carbons (Fsp3) is 0.455. The summed E-state index contributed by atoms with van der Waals surface area (Å²) in [6.07, 6.45) is 2.64. The minimum absolute atomic E-state index is 0.0577. The number of carboxylic acids is 1. The van der Waals surface area contributed by atoms with Gasteiger partial charge in [0.25, 0.3) is 0 Å². The number of hydrogen-bond donors (Lipinski definition) is 2. The van der Waals surface area contributed by atoms with Crippen LogP contribution >= 0.6 is 0 Å². The molecule has 0 amide bonds. The number of carboxylic acid groups (broad SMARTS) is 1. The average Bonchev–Trinajstić information content (AvgIpc) is 2.19. The fourth-order valence-electron chi connectivity index (χ4n) is 1.27. The summed E-state index contributed by atoms with van der Waals surface area (Å²) >= 11 is 0. The summed E-state index contributed by atoms with van der Waals surface area (Å²) in [4.78, 5) is 14.7. The first-order valence-electron chi connectivity index (χ1n) is 5.02. The number of nitrogens with one attached hydrogen (secondary N) is 1. The molecule has 82 valence electrons. The van der Waals surface area contributed by atoms with E-state index in [1.54, 1.807) is 6.20 Å². The quantitative estimate of drug-likeness (QED) is 0.777. The minimum Gasteiger partial charge on any atom is -0.481 e. The van der Waals surface area contributed by atoms with E-state index in [0.717, 1.165) is 17.8 Å². The highest BCUT2D eigenvalue weighted by atomic mass is 16.4. The van der Waals surface area contributed by atoms with E-state index in [2.05, 4.69) is 10.3 Å². The Morgan fingerprint density at radius 2 is 2.33 bits per heavy atom. The van der Waals surface area contributed by atoms with Crippen LogP contribution in [0.15, 0.2) is 18.3 Å². The van der Waals surface area contributed by atoms with E-state index in [9.17, 15) is 4.79 Å². The molecule has 0 fully saturated rings. The maximum Gasteiger partial charge on any atom is 0.305 e. The molecule has 1 aromatic heterocycles. The monoisotopic (exact) mass is 208 g/mol. The highest BCUT2D eigenvalue weighted by molar-refractivity contribution is 5.68. The number of rotatable bonds is 5. The van der Waals surface area contributed by atoms with Crippen LogP contribution in [-0.4, -0.2) is 22.1 Å². The van der Waals surface area contributed by atoms with Gasteiger partial charge >= 0.3 is 5.97 Å². The number of aliphatic carboxylic acids is 1. The molecule has 0 spiro atoms. The topological polar surface area (TPSA) is 62.2 Å². The molecule has 1 atom stereocenters. The molecular weight excluding hydrogens is 192 g/mol. The molecule has 15 heavy (non-hydrogen) atoms.